The summed E-state index contributed by atoms with van der Waals surface area (Å²) in [5.74, 6) is 2.62. The smallest absolute Gasteiger partial charge is 0.407 e. The van der Waals surface area contributed by atoms with Gasteiger partial charge in [0.15, 0.2) is 5.82 Å². The largest absolute Gasteiger partial charge is 0.445 e. The van der Waals surface area contributed by atoms with Crippen molar-refractivity contribution in [3.63, 3.8) is 0 Å². The lowest BCUT2D eigenvalue weighted by Crippen LogP contribution is -2.26. The van der Waals surface area contributed by atoms with Gasteiger partial charge in [-0.2, -0.15) is 4.98 Å². The fourth-order valence-corrected chi connectivity index (χ4v) is 4.32. The maximum atomic E-state index is 12.0. The van der Waals surface area contributed by atoms with Crippen LogP contribution in [0.25, 0.3) is 11.4 Å². The van der Waals surface area contributed by atoms with Crippen molar-refractivity contribution in [2.75, 3.05) is 23.8 Å². The van der Waals surface area contributed by atoms with Gasteiger partial charge in [-0.15, -0.1) is 0 Å². The highest BCUT2D eigenvalue weighted by molar-refractivity contribution is 5.67. The van der Waals surface area contributed by atoms with E-state index in [0.717, 1.165) is 28.1 Å². The summed E-state index contributed by atoms with van der Waals surface area (Å²) in [4.78, 5) is 32.2. The van der Waals surface area contributed by atoms with Gasteiger partial charge in [-0.05, 0) is 42.2 Å². The molecule has 1 atom stereocenters. The van der Waals surface area contributed by atoms with Gasteiger partial charge in [-0.3, -0.25) is 0 Å². The number of hydrogen-bond donors (Lipinski definition) is 2. The van der Waals surface area contributed by atoms with Crippen LogP contribution in [-0.4, -0.2) is 39.6 Å². The molecule has 0 radical (unpaired) electrons. The number of hydrogen-bond acceptors (Lipinski definition) is 8. The van der Waals surface area contributed by atoms with Crippen LogP contribution >= 0.6 is 0 Å². The average Bonchev–Trinajstić information content (AvgIpc) is 3.05. The first-order chi connectivity index (χ1) is 20.5. The fourth-order valence-electron chi connectivity index (χ4n) is 4.32. The van der Waals surface area contributed by atoms with Crippen molar-refractivity contribution in [3.05, 3.63) is 126 Å². The lowest BCUT2D eigenvalue weighted by atomic mass is 10.0. The summed E-state index contributed by atoms with van der Waals surface area (Å²) >= 11 is 0. The van der Waals surface area contributed by atoms with E-state index >= 15 is 0 Å². The molecule has 0 aliphatic heterocycles. The van der Waals surface area contributed by atoms with Gasteiger partial charge >= 0.3 is 6.09 Å². The molecular weight excluding hydrogens is 526 g/mol. The molecule has 0 bridgehead atoms. The SMILES string of the molecule is C[C@H](Nc1nccc(N(C)c2ccnc(-c3ccccc3)n2)n1)c1ccc(CCNC(=O)OCc2ccccc2)cc1. The van der Waals surface area contributed by atoms with Gasteiger partial charge in [0.2, 0.25) is 5.95 Å². The van der Waals surface area contributed by atoms with Crippen LogP contribution in [0.3, 0.4) is 0 Å². The molecule has 2 heterocycles. The Hall–Kier alpha value is -5.31. The second-order valence-corrected chi connectivity index (χ2v) is 9.75. The van der Waals surface area contributed by atoms with E-state index in [1.165, 1.54) is 0 Å². The molecule has 3 aromatic carbocycles. The molecule has 0 unspecified atom stereocenters. The number of alkyl carbamates (subject to hydrolysis) is 1. The van der Waals surface area contributed by atoms with Gasteiger partial charge in [0.25, 0.3) is 0 Å². The summed E-state index contributed by atoms with van der Waals surface area (Å²) in [6, 6.07) is 31.5. The minimum Gasteiger partial charge on any atom is -0.445 e. The van der Waals surface area contributed by atoms with E-state index in [2.05, 4.69) is 51.8 Å². The Morgan fingerprint density at radius 2 is 1.48 bits per heavy atom. The summed E-state index contributed by atoms with van der Waals surface area (Å²) in [6.45, 7) is 2.81. The van der Waals surface area contributed by atoms with Crippen molar-refractivity contribution in [3.8, 4) is 11.4 Å². The number of rotatable bonds is 11. The number of carbonyl (C=O) groups is 1. The predicted octanol–water partition coefficient (Wildman–Crippen LogP) is 6.34. The van der Waals surface area contributed by atoms with Gasteiger partial charge in [-0.1, -0.05) is 84.9 Å². The third kappa shape index (κ3) is 7.66. The molecule has 0 fully saturated rings. The van der Waals surface area contributed by atoms with Crippen LogP contribution in [0.2, 0.25) is 0 Å². The van der Waals surface area contributed by atoms with Crippen molar-refractivity contribution in [2.24, 2.45) is 0 Å². The van der Waals surface area contributed by atoms with Crippen LogP contribution < -0.4 is 15.5 Å². The van der Waals surface area contributed by atoms with E-state index in [1.807, 2.05) is 84.7 Å². The fraction of sp³-hybridized carbons (Fsp3) is 0.182. The summed E-state index contributed by atoms with van der Waals surface area (Å²) in [6.07, 6.45) is 3.77. The lowest BCUT2D eigenvalue weighted by Gasteiger charge is -2.19. The highest BCUT2D eigenvalue weighted by Gasteiger charge is 2.13. The molecule has 9 nitrogen and oxygen atoms in total. The number of amides is 1. The number of nitrogens with zero attached hydrogens (tertiary/aromatic N) is 5. The van der Waals surface area contributed by atoms with Gasteiger partial charge < -0.3 is 20.3 Å². The average molecular weight is 560 g/mol. The second-order valence-electron chi connectivity index (χ2n) is 9.75. The van der Waals surface area contributed by atoms with E-state index in [-0.39, 0.29) is 12.6 Å². The van der Waals surface area contributed by atoms with E-state index < -0.39 is 6.09 Å². The molecule has 0 saturated carbocycles. The molecule has 0 aliphatic rings. The third-order valence-corrected chi connectivity index (χ3v) is 6.72. The maximum absolute atomic E-state index is 12.0. The second kappa shape index (κ2) is 13.8. The molecule has 9 heteroatoms. The molecule has 212 valence electrons. The van der Waals surface area contributed by atoms with Gasteiger partial charge in [0.05, 0.1) is 6.04 Å². The molecule has 42 heavy (non-hydrogen) atoms. The monoisotopic (exact) mass is 559 g/mol. The first-order valence-corrected chi connectivity index (χ1v) is 13.8. The van der Waals surface area contributed by atoms with Crippen molar-refractivity contribution in [2.45, 2.75) is 26.0 Å². The Labute approximate surface area is 245 Å². The van der Waals surface area contributed by atoms with E-state index in [0.29, 0.717) is 30.6 Å². The predicted molar refractivity (Wildman–Crippen MR) is 164 cm³/mol. The van der Waals surface area contributed by atoms with E-state index in [9.17, 15) is 4.79 Å². The standard InChI is InChI=1S/C33H33N7O2/c1-24(27-15-13-25(14-16-27)17-20-36-33(41)42-23-26-9-5-3-6-10-26)37-32-35-22-19-30(39-32)40(2)29-18-21-34-31(38-29)28-11-7-4-8-12-28/h3-16,18-19,21-22,24H,17,20,23H2,1-2H3,(H,36,41)(H,35,37,39)/t24-/m0/s1. The molecule has 0 saturated heterocycles. The third-order valence-electron chi connectivity index (χ3n) is 6.72. The normalized spacial score (nSPS) is 11.4. The highest BCUT2D eigenvalue weighted by atomic mass is 16.5. The molecule has 0 aliphatic carbocycles. The summed E-state index contributed by atoms with van der Waals surface area (Å²) < 4.78 is 5.27. The van der Waals surface area contributed by atoms with Gasteiger partial charge in [0.1, 0.15) is 18.2 Å². The zero-order valence-electron chi connectivity index (χ0n) is 23.6. The Morgan fingerprint density at radius 3 is 2.21 bits per heavy atom. The van der Waals surface area contributed by atoms with Crippen LogP contribution in [0.15, 0.2) is 109 Å². The molecular formula is C33H33N7O2. The number of carbonyl (C=O) groups excluding carboxylic acids is 1. The number of benzene rings is 3. The number of anilines is 3. The minimum absolute atomic E-state index is 0.0190. The highest BCUT2D eigenvalue weighted by Crippen LogP contribution is 2.24. The first-order valence-electron chi connectivity index (χ1n) is 13.8. The topological polar surface area (TPSA) is 105 Å². The van der Waals surface area contributed by atoms with Crippen molar-refractivity contribution in [1.29, 1.82) is 0 Å². The van der Waals surface area contributed by atoms with Gasteiger partial charge in [0, 0.05) is 31.5 Å². The Balaban J connectivity index is 1.13. The van der Waals surface area contributed by atoms with Crippen molar-refractivity contribution in [1.82, 2.24) is 25.3 Å². The summed E-state index contributed by atoms with van der Waals surface area (Å²) in [7, 11) is 1.92. The quantitative estimate of drug-likeness (QED) is 0.193. The maximum Gasteiger partial charge on any atom is 0.407 e. The van der Waals surface area contributed by atoms with E-state index in [1.54, 1.807) is 12.4 Å². The number of aromatic nitrogens is 4. The molecule has 2 aromatic heterocycles. The zero-order chi connectivity index (χ0) is 29.1. The van der Waals surface area contributed by atoms with Crippen LogP contribution in [0.1, 0.15) is 29.7 Å². The van der Waals surface area contributed by atoms with Crippen LogP contribution in [0, 0.1) is 0 Å². The first kappa shape index (κ1) is 28.2. The summed E-state index contributed by atoms with van der Waals surface area (Å²) in [5.41, 5.74) is 4.13. The molecule has 1 amide bonds. The van der Waals surface area contributed by atoms with Crippen molar-refractivity contribution >= 4 is 23.7 Å². The lowest BCUT2D eigenvalue weighted by molar-refractivity contribution is 0.140. The Morgan fingerprint density at radius 1 is 0.810 bits per heavy atom. The Kier molecular flexibility index (Phi) is 9.31. The minimum atomic E-state index is -0.419. The van der Waals surface area contributed by atoms with Crippen LogP contribution in [0.5, 0.6) is 0 Å². The van der Waals surface area contributed by atoms with Crippen LogP contribution in [0.4, 0.5) is 22.4 Å². The molecule has 2 N–H and O–H groups in total. The van der Waals surface area contributed by atoms with E-state index in [4.69, 9.17) is 14.7 Å². The number of ether oxygens (including phenoxy) is 1. The van der Waals surface area contributed by atoms with Crippen LogP contribution in [-0.2, 0) is 17.8 Å². The molecule has 0 spiro atoms. The number of nitrogens with one attached hydrogen (secondary N) is 2. The summed E-state index contributed by atoms with van der Waals surface area (Å²) in [5, 5.41) is 6.20. The zero-order valence-corrected chi connectivity index (χ0v) is 23.6. The molecule has 5 aromatic rings. The Bertz CT molecular complexity index is 1580. The van der Waals surface area contributed by atoms with Gasteiger partial charge in [-0.25, -0.2) is 19.7 Å². The molecule has 5 rings (SSSR count). The van der Waals surface area contributed by atoms with Crippen molar-refractivity contribution < 1.29 is 9.53 Å².